The monoisotopic (exact) mass is 737 g/mol. The van der Waals surface area contributed by atoms with E-state index in [1.54, 1.807) is 0 Å². The molecule has 0 saturated heterocycles. The summed E-state index contributed by atoms with van der Waals surface area (Å²) in [6.45, 7) is 11.3. The average Bonchev–Trinajstić information content (AvgIpc) is 3.14. The lowest BCUT2D eigenvalue weighted by Gasteiger charge is -2.18. The predicted molar refractivity (Wildman–Crippen MR) is 220 cm³/mol. The van der Waals surface area contributed by atoms with Gasteiger partial charge >= 0.3 is 17.9 Å². The van der Waals surface area contributed by atoms with Gasteiger partial charge in [0.2, 0.25) is 0 Å². The second kappa shape index (κ2) is 39.1. The Morgan fingerprint density at radius 2 is 0.673 bits per heavy atom. The number of carbonyl (C=O) groups is 3. The van der Waals surface area contributed by atoms with Crippen LogP contribution in [0.15, 0.2) is 0 Å². The van der Waals surface area contributed by atoms with Crippen LogP contribution in [0.4, 0.5) is 0 Å². The molecule has 0 heterocycles. The summed E-state index contributed by atoms with van der Waals surface area (Å²) >= 11 is 0. The second-order valence-electron chi connectivity index (χ2n) is 16.2. The standard InChI is InChI=1S/C46H88O6/c1-6-9-10-11-12-13-14-15-16-20-26-31-36-44(47)50-39-43(52-46(49)38-33-28-23-22-25-30-35-42(5)8-3)40-51-45(48)37-32-27-21-18-17-19-24-29-34-41(4)7-2/h41-43H,6-40H2,1-5H3/t41?,42?,43-/m0/s1. The van der Waals surface area contributed by atoms with Crippen molar-refractivity contribution in [1.82, 2.24) is 0 Å². The Bertz CT molecular complexity index is 798. The Morgan fingerprint density at radius 3 is 1.00 bits per heavy atom. The maximum Gasteiger partial charge on any atom is 0.306 e. The molecule has 0 radical (unpaired) electrons. The van der Waals surface area contributed by atoms with Crippen LogP contribution in [-0.4, -0.2) is 37.2 Å². The molecule has 0 N–H and O–H groups in total. The van der Waals surface area contributed by atoms with Crippen molar-refractivity contribution in [3.05, 3.63) is 0 Å². The number of carbonyl (C=O) groups excluding carboxylic acids is 3. The van der Waals surface area contributed by atoms with Crippen molar-refractivity contribution in [2.24, 2.45) is 11.8 Å². The van der Waals surface area contributed by atoms with E-state index in [0.717, 1.165) is 69.6 Å². The van der Waals surface area contributed by atoms with Crippen LogP contribution < -0.4 is 0 Å². The first-order chi connectivity index (χ1) is 25.3. The van der Waals surface area contributed by atoms with Gasteiger partial charge in [0.25, 0.3) is 0 Å². The van der Waals surface area contributed by atoms with Crippen molar-refractivity contribution in [3.63, 3.8) is 0 Å². The molecular weight excluding hydrogens is 648 g/mol. The SMILES string of the molecule is CCCCCCCCCCCCCCC(=O)OC[C@@H](COC(=O)CCCCCCCCCCC(C)CC)OC(=O)CCCCCCCCC(C)CC. The normalized spacial score (nSPS) is 13.1. The molecule has 0 fully saturated rings. The highest BCUT2D eigenvalue weighted by molar-refractivity contribution is 5.71. The number of hydrogen-bond donors (Lipinski definition) is 0. The predicted octanol–water partition coefficient (Wildman–Crippen LogP) is 14.2. The minimum atomic E-state index is -0.761. The Kier molecular flexibility index (Phi) is 37.9. The third kappa shape index (κ3) is 36.8. The lowest BCUT2D eigenvalue weighted by Crippen LogP contribution is -2.30. The van der Waals surface area contributed by atoms with Crippen LogP contribution in [0, 0.1) is 11.8 Å². The molecule has 0 aliphatic carbocycles. The molecule has 6 heteroatoms. The summed E-state index contributed by atoms with van der Waals surface area (Å²) in [7, 11) is 0. The molecule has 0 spiro atoms. The van der Waals surface area contributed by atoms with Crippen LogP contribution in [-0.2, 0) is 28.6 Å². The largest absolute Gasteiger partial charge is 0.462 e. The van der Waals surface area contributed by atoms with Gasteiger partial charge in [-0.15, -0.1) is 0 Å². The van der Waals surface area contributed by atoms with E-state index in [0.29, 0.717) is 19.3 Å². The first-order valence-electron chi connectivity index (χ1n) is 22.8. The second-order valence-corrected chi connectivity index (χ2v) is 16.2. The van der Waals surface area contributed by atoms with Crippen molar-refractivity contribution >= 4 is 17.9 Å². The summed E-state index contributed by atoms with van der Waals surface area (Å²) < 4.78 is 16.7. The molecule has 0 rings (SSSR count). The van der Waals surface area contributed by atoms with Crippen LogP contribution in [0.2, 0.25) is 0 Å². The molecule has 0 aliphatic rings. The topological polar surface area (TPSA) is 78.9 Å². The molecule has 6 nitrogen and oxygen atoms in total. The molecule has 0 saturated carbocycles. The highest BCUT2D eigenvalue weighted by Crippen LogP contribution is 2.17. The first kappa shape index (κ1) is 50.4. The fourth-order valence-electron chi connectivity index (χ4n) is 6.69. The molecule has 308 valence electrons. The lowest BCUT2D eigenvalue weighted by atomic mass is 9.99. The van der Waals surface area contributed by atoms with Gasteiger partial charge in [0.05, 0.1) is 0 Å². The van der Waals surface area contributed by atoms with E-state index < -0.39 is 6.10 Å². The third-order valence-electron chi connectivity index (χ3n) is 10.9. The average molecular weight is 737 g/mol. The van der Waals surface area contributed by atoms with Gasteiger partial charge in [0.1, 0.15) is 13.2 Å². The van der Waals surface area contributed by atoms with E-state index >= 15 is 0 Å². The minimum Gasteiger partial charge on any atom is -0.462 e. The molecule has 52 heavy (non-hydrogen) atoms. The number of hydrogen-bond acceptors (Lipinski definition) is 6. The van der Waals surface area contributed by atoms with Crippen LogP contribution in [0.3, 0.4) is 0 Å². The van der Waals surface area contributed by atoms with Crippen LogP contribution in [0.1, 0.15) is 247 Å². The first-order valence-corrected chi connectivity index (χ1v) is 22.8. The maximum absolute atomic E-state index is 12.7. The lowest BCUT2D eigenvalue weighted by molar-refractivity contribution is -0.167. The summed E-state index contributed by atoms with van der Waals surface area (Å²) in [4.78, 5) is 37.7. The molecular formula is C46H88O6. The van der Waals surface area contributed by atoms with Crippen LogP contribution >= 0.6 is 0 Å². The molecule has 0 bridgehead atoms. The zero-order valence-corrected chi connectivity index (χ0v) is 35.4. The maximum atomic E-state index is 12.7. The number of esters is 3. The molecule has 3 atom stereocenters. The van der Waals surface area contributed by atoms with Crippen molar-refractivity contribution in [3.8, 4) is 0 Å². The van der Waals surface area contributed by atoms with Gasteiger partial charge in [-0.1, -0.05) is 208 Å². The van der Waals surface area contributed by atoms with Gasteiger partial charge in [-0.3, -0.25) is 14.4 Å². The molecule has 0 aliphatic heterocycles. The minimum absolute atomic E-state index is 0.0658. The van der Waals surface area contributed by atoms with Crippen molar-refractivity contribution in [1.29, 1.82) is 0 Å². The van der Waals surface area contributed by atoms with Gasteiger partial charge in [0, 0.05) is 19.3 Å². The Balaban J connectivity index is 4.35. The summed E-state index contributed by atoms with van der Waals surface area (Å²) in [6.07, 6.45) is 36.5. The number of unbranched alkanes of at least 4 members (excludes halogenated alkanes) is 23. The Hall–Kier alpha value is -1.59. The smallest absolute Gasteiger partial charge is 0.306 e. The molecule has 0 aromatic carbocycles. The molecule has 0 aromatic rings. The fourth-order valence-corrected chi connectivity index (χ4v) is 6.69. The Labute approximate surface area is 323 Å². The summed E-state index contributed by atoms with van der Waals surface area (Å²) in [6, 6.07) is 0. The summed E-state index contributed by atoms with van der Waals surface area (Å²) in [5, 5.41) is 0. The zero-order chi connectivity index (χ0) is 38.3. The van der Waals surface area contributed by atoms with Crippen LogP contribution in [0.5, 0.6) is 0 Å². The Morgan fingerprint density at radius 1 is 0.385 bits per heavy atom. The molecule has 0 amide bonds. The zero-order valence-electron chi connectivity index (χ0n) is 35.4. The van der Waals surface area contributed by atoms with Gasteiger partial charge in [-0.25, -0.2) is 0 Å². The van der Waals surface area contributed by atoms with E-state index in [4.69, 9.17) is 14.2 Å². The van der Waals surface area contributed by atoms with E-state index in [1.807, 2.05) is 0 Å². The van der Waals surface area contributed by atoms with Gasteiger partial charge < -0.3 is 14.2 Å². The van der Waals surface area contributed by atoms with Crippen LogP contribution in [0.25, 0.3) is 0 Å². The third-order valence-corrected chi connectivity index (χ3v) is 10.9. The van der Waals surface area contributed by atoms with E-state index in [-0.39, 0.29) is 31.1 Å². The molecule has 0 aromatic heterocycles. The van der Waals surface area contributed by atoms with Gasteiger partial charge in [-0.05, 0) is 31.1 Å². The van der Waals surface area contributed by atoms with E-state index in [1.165, 1.54) is 135 Å². The summed E-state index contributed by atoms with van der Waals surface area (Å²) in [5.41, 5.74) is 0. The highest BCUT2D eigenvalue weighted by atomic mass is 16.6. The molecule has 2 unspecified atom stereocenters. The fraction of sp³-hybridized carbons (Fsp3) is 0.935. The van der Waals surface area contributed by atoms with Gasteiger partial charge in [-0.2, -0.15) is 0 Å². The van der Waals surface area contributed by atoms with Crippen molar-refractivity contribution in [2.75, 3.05) is 13.2 Å². The van der Waals surface area contributed by atoms with Gasteiger partial charge in [0.15, 0.2) is 6.10 Å². The van der Waals surface area contributed by atoms with E-state index in [9.17, 15) is 14.4 Å². The number of rotatable bonds is 40. The summed E-state index contributed by atoms with van der Waals surface area (Å²) in [5.74, 6) is 0.796. The highest BCUT2D eigenvalue weighted by Gasteiger charge is 2.19. The quantitative estimate of drug-likeness (QED) is 0.0354. The van der Waals surface area contributed by atoms with Crippen molar-refractivity contribution in [2.45, 2.75) is 253 Å². The van der Waals surface area contributed by atoms with E-state index in [2.05, 4.69) is 34.6 Å². The number of ether oxygens (including phenoxy) is 3. The van der Waals surface area contributed by atoms with Crippen molar-refractivity contribution < 1.29 is 28.6 Å².